The fourth-order valence-corrected chi connectivity index (χ4v) is 2.74. The van der Waals surface area contributed by atoms with Crippen molar-refractivity contribution in [3.8, 4) is 0 Å². The van der Waals surface area contributed by atoms with Gasteiger partial charge in [0.25, 0.3) is 0 Å². The Labute approximate surface area is 118 Å². The third-order valence-corrected chi connectivity index (χ3v) is 4.52. The zero-order valence-corrected chi connectivity index (χ0v) is 12.0. The van der Waals surface area contributed by atoms with Gasteiger partial charge in [-0.25, -0.2) is 9.97 Å². The van der Waals surface area contributed by atoms with Crippen LogP contribution in [0.2, 0.25) is 5.15 Å². The van der Waals surface area contributed by atoms with Crippen molar-refractivity contribution in [2.45, 2.75) is 51.0 Å². The molecule has 1 aromatic rings. The molecule has 19 heavy (non-hydrogen) atoms. The van der Waals surface area contributed by atoms with Crippen LogP contribution in [-0.2, 0) is 0 Å². The molecular weight excluding hydrogens is 262 g/mol. The van der Waals surface area contributed by atoms with Crippen molar-refractivity contribution in [2.24, 2.45) is 0 Å². The minimum Gasteiger partial charge on any atom is -0.395 e. The Morgan fingerprint density at radius 2 is 2.00 bits per heavy atom. The summed E-state index contributed by atoms with van der Waals surface area (Å²) >= 11 is 6.26. The van der Waals surface area contributed by atoms with Crippen molar-refractivity contribution in [2.75, 3.05) is 18.1 Å². The summed E-state index contributed by atoms with van der Waals surface area (Å²) in [4.78, 5) is 11.4. The van der Waals surface area contributed by atoms with Crippen LogP contribution in [0.1, 0.15) is 49.4 Å². The van der Waals surface area contributed by atoms with Crippen LogP contribution in [0, 0.1) is 6.92 Å². The topological polar surface area (TPSA) is 49.2 Å². The largest absolute Gasteiger partial charge is 0.395 e. The van der Waals surface area contributed by atoms with Gasteiger partial charge in [0, 0.05) is 24.1 Å². The molecule has 0 aliphatic heterocycles. The van der Waals surface area contributed by atoms with Gasteiger partial charge in [0.15, 0.2) is 0 Å². The maximum Gasteiger partial charge on any atom is 0.137 e. The lowest BCUT2D eigenvalue weighted by atomic mass is 9.91. The Kier molecular flexibility index (Phi) is 3.63. The molecule has 0 aromatic carbocycles. The number of halogens is 1. The van der Waals surface area contributed by atoms with Gasteiger partial charge < -0.3 is 10.0 Å². The molecule has 0 unspecified atom stereocenters. The van der Waals surface area contributed by atoms with Crippen LogP contribution < -0.4 is 4.90 Å². The second-order valence-electron chi connectivity index (χ2n) is 5.60. The van der Waals surface area contributed by atoms with Crippen LogP contribution in [-0.4, -0.2) is 34.3 Å². The van der Waals surface area contributed by atoms with Crippen molar-refractivity contribution in [3.63, 3.8) is 0 Å². The van der Waals surface area contributed by atoms with Crippen LogP contribution in [0.15, 0.2) is 0 Å². The molecule has 2 fully saturated rings. The molecule has 3 rings (SSSR count). The van der Waals surface area contributed by atoms with Gasteiger partial charge in [-0.3, -0.25) is 0 Å². The zero-order valence-electron chi connectivity index (χ0n) is 11.3. The maximum atomic E-state index is 9.30. The quantitative estimate of drug-likeness (QED) is 0.843. The molecule has 1 heterocycles. The number of nitrogens with zero attached hydrogens (tertiary/aromatic N) is 3. The second kappa shape index (κ2) is 5.25. The van der Waals surface area contributed by atoms with Crippen molar-refractivity contribution >= 4 is 17.4 Å². The third-order valence-electron chi connectivity index (χ3n) is 4.15. The predicted octanol–water partition coefficient (Wildman–Crippen LogP) is 2.67. The summed E-state index contributed by atoms with van der Waals surface area (Å²) in [7, 11) is 0. The summed E-state index contributed by atoms with van der Waals surface area (Å²) in [5.41, 5.74) is 0.936. The summed E-state index contributed by atoms with van der Waals surface area (Å²) < 4.78 is 0. The van der Waals surface area contributed by atoms with Crippen molar-refractivity contribution in [3.05, 3.63) is 16.5 Å². The number of hydrogen-bond acceptors (Lipinski definition) is 4. The van der Waals surface area contributed by atoms with E-state index in [1.807, 2.05) is 6.92 Å². The molecule has 0 atom stereocenters. The molecule has 2 aliphatic carbocycles. The molecule has 2 aliphatic rings. The highest BCUT2D eigenvalue weighted by Gasteiger charge is 2.31. The third kappa shape index (κ3) is 2.56. The average molecular weight is 282 g/mol. The van der Waals surface area contributed by atoms with E-state index in [1.54, 1.807) is 0 Å². The van der Waals surface area contributed by atoms with Crippen LogP contribution in [0.3, 0.4) is 0 Å². The molecule has 5 heteroatoms. The summed E-state index contributed by atoms with van der Waals surface area (Å²) in [5, 5.41) is 9.86. The summed E-state index contributed by atoms with van der Waals surface area (Å²) in [5.74, 6) is 2.31. The minimum atomic E-state index is 0.149. The average Bonchev–Trinajstić information content (AvgIpc) is 3.14. The Hall–Kier alpha value is -0.870. The molecule has 0 spiro atoms. The highest BCUT2D eigenvalue weighted by atomic mass is 35.5. The summed E-state index contributed by atoms with van der Waals surface area (Å²) in [6.45, 7) is 2.75. The highest BCUT2D eigenvalue weighted by molar-refractivity contribution is 6.30. The molecule has 2 saturated carbocycles. The fourth-order valence-electron chi connectivity index (χ4n) is 2.57. The molecule has 0 radical (unpaired) electrons. The lowest BCUT2D eigenvalue weighted by Crippen LogP contribution is -2.43. The zero-order chi connectivity index (χ0) is 13.4. The van der Waals surface area contributed by atoms with E-state index >= 15 is 0 Å². The molecule has 1 aromatic heterocycles. The summed E-state index contributed by atoms with van der Waals surface area (Å²) in [6, 6.07) is 0.504. The normalized spacial score (nSPS) is 19.3. The number of aliphatic hydroxyl groups is 1. The molecule has 104 valence electrons. The van der Waals surface area contributed by atoms with Crippen LogP contribution in [0.5, 0.6) is 0 Å². The van der Waals surface area contributed by atoms with E-state index < -0.39 is 0 Å². The Balaban J connectivity index is 1.95. The lowest BCUT2D eigenvalue weighted by Gasteiger charge is -2.39. The first kappa shape index (κ1) is 13.1. The van der Waals surface area contributed by atoms with Gasteiger partial charge in [0.2, 0.25) is 0 Å². The standard InChI is InChI=1S/C14H20ClN3O/c1-9-12(15)16-13(10-5-6-10)17-14(9)18(7-8-19)11-3-2-4-11/h10-11,19H,2-8H2,1H3. The SMILES string of the molecule is Cc1c(Cl)nc(C2CC2)nc1N(CCO)C1CCC1. The molecule has 4 nitrogen and oxygen atoms in total. The Morgan fingerprint density at radius 1 is 1.26 bits per heavy atom. The molecular formula is C14H20ClN3O. The number of anilines is 1. The summed E-state index contributed by atoms with van der Waals surface area (Å²) in [6.07, 6.45) is 5.96. The maximum absolute atomic E-state index is 9.30. The van der Waals surface area contributed by atoms with Crippen LogP contribution in [0.25, 0.3) is 0 Å². The molecule has 1 N–H and O–H groups in total. The fraction of sp³-hybridized carbons (Fsp3) is 0.714. The van der Waals surface area contributed by atoms with E-state index in [-0.39, 0.29) is 6.61 Å². The van der Waals surface area contributed by atoms with Crippen molar-refractivity contribution in [1.29, 1.82) is 0 Å². The molecule has 0 saturated heterocycles. The van der Waals surface area contributed by atoms with Gasteiger partial charge in [-0.05, 0) is 39.0 Å². The number of rotatable bonds is 5. The van der Waals surface area contributed by atoms with E-state index in [9.17, 15) is 5.11 Å². The Bertz CT molecular complexity index is 472. The van der Waals surface area contributed by atoms with Gasteiger partial charge in [0.1, 0.15) is 16.8 Å². The number of aliphatic hydroxyl groups excluding tert-OH is 1. The van der Waals surface area contributed by atoms with E-state index in [4.69, 9.17) is 16.6 Å². The first-order valence-corrected chi connectivity index (χ1v) is 7.50. The van der Waals surface area contributed by atoms with E-state index in [1.165, 1.54) is 32.1 Å². The van der Waals surface area contributed by atoms with E-state index in [0.29, 0.717) is 23.7 Å². The van der Waals surface area contributed by atoms with Crippen molar-refractivity contribution < 1.29 is 5.11 Å². The first-order chi connectivity index (χ1) is 9.20. The number of hydrogen-bond donors (Lipinski definition) is 1. The monoisotopic (exact) mass is 281 g/mol. The molecule has 0 bridgehead atoms. The minimum absolute atomic E-state index is 0.149. The van der Waals surface area contributed by atoms with E-state index in [0.717, 1.165) is 17.2 Å². The molecule has 0 amide bonds. The van der Waals surface area contributed by atoms with Gasteiger partial charge in [-0.1, -0.05) is 11.6 Å². The number of aromatic nitrogens is 2. The smallest absolute Gasteiger partial charge is 0.137 e. The predicted molar refractivity (Wildman–Crippen MR) is 75.8 cm³/mol. The van der Waals surface area contributed by atoms with Gasteiger partial charge >= 0.3 is 0 Å². The van der Waals surface area contributed by atoms with Crippen LogP contribution >= 0.6 is 11.6 Å². The van der Waals surface area contributed by atoms with E-state index in [2.05, 4.69) is 9.88 Å². The van der Waals surface area contributed by atoms with Crippen molar-refractivity contribution in [1.82, 2.24) is 9.97 Å². The first-order valence-electron chi connectivity index (χ1n) is 7.12. The Morgan fingerprint density at radius 3 is 2.53 bits per heavy atom. The van der Waals surface area contributed by atoms with Gasteiger partial charge in [0.05, 0.1) is 6.61 Å². The highest BCUT2D eigenvalue weighted by Crippen LogP contribution is 2.40. The van der Waals surface area contributed by atoms with Gasteiger partial charge in [-0.2, -0.15) is 0 Å². The second-order valence-corrected chi connectivity index (χ2v) is 5.96. The van der Waals surface area contributed by atoms with Crippen LogP contribution in [0.4, 0.5) is 5.82 Å². The van der Waals surface area contributed by atoms with Gasteiger partial charge in [-0.15, -0.1) is 0 Å². The lowest BCUT2D eigenvalue weighted by molar-refractivity contribution is 0.282.